The van der Waals surface area contributed by atoms with Crippen LogP contribution in [0, 0.1) is 0 Å². The van der Waals surface area contributed by atoms with Crippen LogP contribution in [0.5, 0.6) is 0 Å². The van der Waals surface area contributed by atoms with Gasteiger partial charge < -0.3 is 9.88 Å². The zero-order valence-electron chi connectivity index (χ0n) is 17.2. The van der Waals surface area contributed by atoms with Gasteiger partial charge in [0.2, 0.25) is 5.91 Å². The van der Waals surface area contributed by atoms with E-state index in [1.165, 1.54) is 12.4 Å². The Balaban J connectivity index is 1.62. The molecule has 5 nitrogen and oxygen atoms in total. The first-order valence-electron chi connectivity index (χ1n) is 9.94. The van der Waals surface area contributed by atoms with Crippen molar-refractivity contribution in [1.82, 2.24) is 19.8 Å². The molecule has 31 heavy (non-hydrogen) atoms. The fraction of sp³-hybridized carbons (Fsp3) is 0.304. The summed E-state index contributed by atoms with van der Waals surface area (Å²) in [6.07, 6.45) is -1.07. The number of hydrogen-bond donors (Lipinski definition) is 1. The van der Waals surface area contributed by atoms with Gasteiger partial charge in [-0.1, -0.05) is 60.7 Å². The molecular weight excluding hydrogens is 405 g/mol. The zero-order valence-corrected chi connectivity index (χ0v) is 17.2. The molecule has 0 saturated heterocycles. The van der Waals surface area contributed by atoms with Gasteiger partial charge in [-0.2, -0.15) is 13.2 Å². The van der Waals surface area contributed by atoms with Crippen molar-refractivity contribution < 1.29 is 18.0 Å². The average Bonchev–Trinajstić information content (AvgIpc) is 3.13. The average molecular weight is 430 g/mol. The molecule has 0 bridgehead atoms. The second-order valence-corrected chi connectivity index (χ2v) is 7.48. The molecule has 164 valence electrons. The maximum absolute atomic E-state index is 12.7. The highest BCUT2D eigenvalue weighted by Gasteiger charge is 2.29. The minimum absolute atomic E-state index is 0.0387. The zero-order chi connectivity index (χ0) is 22.3. The first-order chi connectivity index (χ1) is 14.8. The number of carbonyl (C=O) groups is 1. The third kappa shape index (κ3) is 7.25. The van der Waals surface area contributed by atoms with Crippen molar-refractivity contribution in [3.63, 3.8) is 0 Å². The second-order valence-electron chi connectivity index (χ2n) is 7.48. The van der Waals surface area contributed by atoms with Crippen molar-refractivity contribution >= 4 is 5.91 Å². The summed E-state index contributed by atoms with van der Waals surface area (Å²) in [5, 5.41) is 3.06. The van der Waals surface area contributed by atoms with Crippen LogP contribution < -0.4 is 5.32 Å². The maximum Gasteiger partial charge on any atom is 0.406 e. The summed E-state index contributed by atoms with van der Waals surface area (Å²) >= 11 is 0. The molecule has 1 amide bonds. The lowest BCUT2D eigenvalue weighted by Gasteiger charge is -2.22. The van der Waals surface area contributed by atoms with Crippen LogP contribution in [0.2, 0.25) is 0 Å². The molecule has 1 heterocycles. The summed E-state index contributed by atoms with van der Waals surface area (Å²) in [5.41, 5.74) is 2.09. The van der Waals surface area contributed by atoms with Gasteiger partial charge in [-0.3, -0.25) is 9.69 Å². The molecule has 3 aromatic rings. The van der Waals surface area contributed by atoms with Crippen molar-refractivity contribution in [2.45, 2.75) is 31.7 Å². The molecule has 1 N–H and O–H groups in total. The van der Waals surface area contributed by atoms with E-state index in [9.17, 15) is 18.0 Å². The molecule has 0 aliphatic heterocycles. The topological polar surface area (TPSA) is 50.2 Å². The summed E-state index contributed by atoms with van der Waals surface area (Å²) in [6, 6.07) is 19.3. The molecule has 8 heteroatoms. The van der Waals surface area contributed by atoms with Crippen molar-refractivity contribution in [1.29, 1.82) is 0 Å². The maximum atomic E-state index is 12.7. The Morgan fingerprint density at radius 3 is 2.39 bits per heavy atom. The summed E-state index contributed by atoms with van der Waals surface area (Å²) < 4.78 is 39.2. The number of hydrogen-bond acceptors (Lipinski definition) is 3. The normalized spacial score (nSPS) is 12.7. The predicted molar refractivity (Wildman–Crippen MR) is 112 cm³/mol. The minimum Gasteiger partial charge on any atom is -0.348 e. The van der Waals surface area contributed by atoms with Crippen LogP contribution in [0.25, 0.3) is 0 Å². The van der Waals surface area contributed by atoms with E-state index in [4.69, 9.17) is 0 Å². The minimum atomic E-state index is -4.33. The van der Waals surface area contributed by atoms with Crippen LogP contribution in [0.1, 0.15) is 23.0 Å². The monoisotopic (exact) mass is 430 g/mol. The number of carbonyl (C=O) groups excluding carboxylic acids is 1. The first-order valence-corrected chi connectivity index (χ1v) is 9.94. The molecule has 2 aromatic carbocycles. The first kappa shape index (κ1) is 22.6. The van der Waals surface area contributed by atoms with Gasteiger partial charge in [-0.05, 0) is 24.6 Å². The van der Waals surface area contributed by atoms with E-state index >= 15 is 0 Å². The Labute approximate surface area is 179 Å². The number of alkyl halides is 3. The van der Waals surface area contributed by atoms with Crippen molar-refractivity contribution in [2.24, 2.45) is 0 Å². The van der Waals surface area contributed by atoms with Crippen molar-refractivity contribution in [3.05, 3.63) is 90.0 Å². The van der Waals surface area contributed by atoms with Gasteiger partial charge in [-0.15, -0.1) is 0 Å². The molecule has 0 aliphatic rings. The fourth-order valence-corrected chi connectivity index (χ4v) is 3.40. The Morgan fingerprint density at radius 1 is 1.10 bits per heavy atom. The third-order valence-corrected chi connectivity index (χ3v) is 4.80. The SMILES string of the molecule is CN(CC(=O)NC(Cc1ccccc1)c1ccccc1)Cc1nccn1CC(F)(F)F. The van der Waals surface area contributed by atoms with Crippen LogP contribution in [0.15, 0.2) is 73.1 Å². The number of nitrogens with zero attached hydrogens (tertiary/aromatic N) is 3. The summed E-state index contributed by atoms with van der Waals surface area (Å²) in [6.45, 7) is -0.933. The van der Waals surface area contributed by atoms with Crippen LogP contribution in [-0.2, 0) is 24.3 Å². The van der Waals surface area contributed by atoms with Crippen LogP contribution in [-0.4, -0.2) is 40.1 Å². The highest BCUT2D eigenvalue weighted by molar-refractivity contribution is 5.78. The van der Waals surface area contributed by atoms with Crippen molar-refractivity contribution in [2.75, 3.05) is 13.6 Å². The number of benzene rings is 2. The van der Waals surface area contributed by atoms with E-state index < -0.39 is 12.7 Å². The van der Waals surface area contributed by atoms with Gasteiger partial charge in [0.1, 0.15) is 12.4 Å². The Kier molecular flexibility index (Phi) is 7.46. The number of imidazole rings is 1. The largest absolute Gasteiger partial charge is 0.406 e. The number of rotatable bonds is 9. The summed E-state index contributed by atoms with van der Waals surface area (Å²) in [5.74, 6) is 0.0535. The predicted octanol–water partition coefficient (Wildman–Crippen LogP) is 3.98. The number of likely N-dealkylation sites (N-methyl/N-ethyl adjacent to an activating group) is 1. The lowest BCUT2D eigenvalue weighted by molar-refractivity contribution is -0.141. The van der Waals surface area contributed by atoms with E-state index in [1.54, 1.807) is 11.9 Å². The number of nitrogens with one attached hydrogen (secondary N) is 1. The smallest absolute Gasteiger partial charge is 0.348 e. The van der Waals surface area contributed by atoms with Gasteiger partial charge in [0, 0.05) is 12.4 Å². The van der Waals surface area contributed by atoms with Crippen LogP contribution in [0.3, 0.4) is 0 Å². The molecule has 1 aromatic heterocycles. The summed E-state index contributed by atoms with van der Waals surface area (Å²) in [7, 11) is 1.68. The Bertz CT molecular complexity index is 958. The Hall–Kier alpha value is -3.13. The quantitative estimate of drug-likeness (QED) is 0.559. The molecule has 1 unspecified atom stereocenters. The van der Waals surface area contributed by atoms with Gasteiger partial charge in [0.15, 0.2) is 0 Å². The Morgan fingerprint density at radius 2 is 1.74 bits per heavy atom. The van der Waals surface area contributed by atoms with E-state index in [-0.39, 0.29) is 30.9 Å². The van der Waals surface area contributed by atoms with E-state index in [1.807, 2.05) is 60.7 Å². The van der Waals surface area contributed by atoms with E-state index in [2.05, 4.69) is 10.3 Å². The van der Waals surface area contributed by atoms with Gasteiger partial charge in [-0.25, -0.2) is 4.98 Å². The van der Waals surface area contributed by atoms with E-state index in [0.717, 1.165) is 15.7 Å². The third-order valence-electron chi connectivity index (χ3n) is 4.80. The number of halogens is 3. The molecule has 3 rings (SSSR count). The molecular formula is C23H25F3N4O. The van der Waals surface area contributed by atoms with Crippen molar-refractivity contribution in [3.8, 4) is 0 Å². The number of amides is 1. The van der Waals surface area contributed by atoms with Crippen LogP contribution >= 0.6 is 0 Å². The highest BCUT2D eigenvalue weighted by Crippen LogP contribution is 2.20. The lowest BCUT2D eigenvalue weighted by Crippen LogP contribution is -2.38. The fourth-order valence-electron chi connectivity index (χ4n) is 3.40. The molecule has 0 spiro atoms. The molecule has 0 aliphatic carbocycles. The lowest BCUT2D eigenvalue weighted by atomic mass is 9.99. The molecule has 1 atom stereocenters. The molecule has 0 fully saturated rings. The standard InChI is InChI=1S/C23H25F3N4O/c1-29(15-21-27-12-13-30(21)17-23(24,25)26)16-22(31)28-20(19-10-6-3-7-11-19)14-18-8-4-2-5-9-18/h2-13,20H,14-17H2,1H3,(H,28,31). The van der Waals surface area contributed by atoms with Gasteiger partial charge in [0.05, 0.1) is 19.1 Å². The summed E-state index contributed by atoms with van der Waals surface area (Å²) in [4.78, 5) is 18.4. The number of aromatic nitrogens is 2. The highest BCUT2D eigenvalue weighted by atomic mass is 19.4. The second kappa shape index (κ2) is 10.3. The van der Waals surface area contributed by atoms with E-state index in [0.29, 0.717) is 6.42 Å². The van der Waals surface area contributed by atoms with Crippen LogP contribution in [0.4, 0.5) is 13.2 Å². The van der Waals surface area contributed by atoms with Gasteiger partial charge in [0.25, 0.3) is 0 Å². The van der Waals surface area contributed by atoms with Gasteiger partial charge >= 0.3 is 6.18 Å². The molecule has 0 radical (unpaired) electrons. The molecule has 0 saturated carbocycles.